The molecule has 0 bridgehead atoms. The Bertz CT molecular complexity index is 460. The van der Waals surface area contributed by atoms with E-state index in [1.54, 1.807) is 0 Å². The normalized spacial score (nSPS) is 25.5. The summed E-state index contributed by atoms with van der Waals surface area (Å²) in [6, 6.07) is 6.86. The lowest BCUT2D eigenvalue weighted by molar-refractivity contribution is 0.494. The second-order valence-electron chi connectivity index (χ2n) is 6.66. The molecular formula is C17H25ClN2. The molecule has 3 heteroatoms. The summed E-state index contributed by atoms with van der Waals surface area (Å²) in [6.07, 6.45) is 4.27. The standard InChI is InChI=1S/C17H25ClN2/c1-12(2)19-9-13-6-7-16(18)8-17(13)20-10-14-4-3-5-15(14)11-20/h6-8,12,14-15,19H,3-5,9-11H2,1-2H3. The van der Waals surface area contributed by atoms with Crippen LogP contribution in [0.5, 0.6) is 0 Å². The number of hydrogen-bond acceptors (Lipinski definition) is 2. The van der Waals surface area contributed by atoms with Crippen LogP contribution < -0.4 is 10.2 Å². The molecule has 1 N–H and O–H groups in total. The number of anilines is 1. The molecule has 1 aliphatic carbocycles. The van der Waals surface area contributed by atoms with Gasteiger partial charge in [0.1, 0.15) is 0 Å². The third-order valence-electron chi connectivity index (χ3n) is 4.82. The van der Waals surface area contributed by atoms with E-state index in [9.17, 15) is 0 Å². The van der Waals surface area contributed by atoms with E-state index in [4.69, 9.17) is 11.6 Å². The van der Waals surface area contributed by atoms with Gasteiger partial charge in [0.2, 0.25) is 0 Å². The molecule has 2 atom stereocenters. The maximum absolute atomic E-state index is 6.23. The molecule has 0 radical (unpaired) electrons. The van der Waals surface area contributed by atoms with Crippen molar-refractivity contribution >= 4 is 17.3 Å². The minimum atomic E-state index is 0.511. The molecule has 0 aromatic heterocycles. The minimum absolute atomic E-state index is 0.511. The highest BCUT2D eigenvalue weighted by atomic mass is 35.5. The topological polar surface area (TPSA) is 15.3 Å². The molecule has 1 saturated carbocycles. The van der Waals surface area contributed by atoms with Crippen LogP contribution in [0.3, 0.4) is 0 Å². The Morgan fingerprint density at radius 3 is 2.60 bits per heavy atom. The third-order valence-corrected chi connectivity index (χ3v) is 5.05. The molecule has 2 nitrogen and oxygen atoms in total. The number of rotatable bonds is 4. The lowest BCUT2D eigenvalue weighted by Gasteiger charge is -2.24. The Kier molecular flexibility index (Phi) is 4.23. The van der Waals surface area contributed by atoms with Crippen LogP contribution in [0, 0.1) is 11.8 Å². The summed E-state index contributed by atoms with van der Waals surface area (Å²) in [7, 11) is 0. The van der Waals surface area contributed by atoms with Crippen molar-refractivity contribution < 1.29 is 0 Å². The van der Waals surface area contributed by atoms with Crippen LogP contribution in [0.1, 0.15) is 38.7 Å². The molecule has 2 fully saturated rings. The summed E-state index contributed by atoms with van der Waals surface area (Å²) in [6.45, 7) is 7.75. The molecule has 1 aliphatic heterocycles. The van der Waals surface area contributed by atoms with Crippen LogP contribution in [0.2, 0.25) is 5.02 Å². The molecule has 1 aromatic rings. The van der Waals surface area contributed by atoms with Crippen molar-refractivity contribution in [2.24, 2.45) is 11.8 Å². The maximum Gasteiger partial charge on any atom is 0.0426 e. The molecule has 1 saturated heterocycles. The van der Waals surface area contributed by atoms with Crippen LogP contribution in [0.25, 0.3) is 0 Å². The van der Waals surface area contributed by atoms with E-state index in [0.717, 1.165) is 23.4 Å². The number of nitrogens with zero attached hydrogens (tertiary/aromatic N) is 1. The minimum Gasteiger partial charge on any atom is -0.371 e. The Hall–Kier alpha value is -0.730. The molecule has 1 aromatic carbocycles. The summed E-state index contributed by atoms with van der Waals surface area (Å²) >= 11 is 6.23. The van der Waals surface area contributed by atoms with Gasteiger partial charge < -0.3 is 10.2 Å². The second-order valence-corrected chi connectivity index (χ2v) is 7.10. The zero-order valence-electron chi connectivity index (χ0n) is 12.5. The predicted molar refractivity (Wildman–Crippen MR) is 86.5 cm³/mol. The number of nitrogens with one attached hydrogen (secondary N) is 1. The first-order chi connectivity index (χ1) is 9.63. The maximum atomic E-state index is 6.23. The van der Waals surface area contributed by atoms with Crippen LogP contribution in [0.4, 0.5) is 5.69 Å². The number of benzene rings is 1. The predicted octanol–water partition coefficient (Wildman–Crippen LogP) is 4.07. The van der Waals surface area contributed by atoms with Gasteiger partial charge >= 0.3 is 0 Å². The molecule has 20 heavy (non-hydrogen) atoms. The van der Waals surface area contributed by atoms with Gasteiger partial charge in [-0.05, 0) is 42.4 Å². The van der Waals surface area contributed by atoms with E-state index in [-0.39, 0.29) is 0 Å². The molecular weight excluding hydrogens is 268 g/mol. The van der Waals surface area contributed by atoms with Crippen molar-refractivity contribution in [1.29, 1.82) is 0 Å². The monoisotopic (exact) mass is 292 g/mol. The molecule has 3 rings (SSSR count). The fraction of sp³-hybridized carbons (Fsp3) is 0.647. The van der Waals surface area contributed by atoms with E-state index < -0.39 is 0 Å². The summed E-state index contributed by atoms with van der Waals surface area (Å²) < 4.78 is 0. The van der Waals surface area contributed by atoms with E-state index in [0.29, 0.717) is 6.04 Å². The van der Waals surface area contributed by atoms with E-state index in [2.05, 4.69) is 36.2 Å². The number of hydrogen-bond donors (Lipinski definition) is 1. The van der Waals surface area contributed by atoms with Gasteiger partial charge in [0, 0.05) is 36.4 Å². The zero-order chi connectivity index (χ0) is 14.1. The van der Waals surface area contributed by atoms with Crippen molar-refractivity contribution in [3.63, 3.8) is 0 Å². The summed E-state index contributed by atoms with van der Waals surface area (Å²) in [5.74, 6) is 1.83. The third kappa shape index (κ3) is 2.96. The van der Waals surface area contributed by atoms with Crippen molar-refractivity contribution in [3.05, 3.63) is 28.8 Å². The van der Waals surface area contributed by atoms with Crippen molar-refractivity contribution in [2.45, 2.75) is 45.7 Å². The number of halogens is 1. The average molecular weight is 293 g/mol. The first-order valence-electron chi connectivity index (χ1n) is 7.90. The molecule has 0 spiro atoms. The lowest BCUT2D eigenvalue weighted by Crippen LogP contribution is -2.26. The first kappa shape index (κ1) is 14.2. The second kappa shape index (κ2) is 5.95. The summed E-state index contributed by atoms with van der Waals surface area (Å²) in [4.78, 5) is 2.57. The summed E-state index contributed by atoms with van der Waals surface area (Å²) in [5.41, 5.74) is 2.73. The highest BCUT2D eigenvalue weighted by Crippen LogP contribution is 2.40. The van der Waals surface area contributed by atoms with E-state index in [1.165, 1.54) is 43.6 Å². The highest BCUT2D eigenvalue weighted by molar-refractivity contribution is 6.30. The SMILES string of the molecule is CC(C)NCc1ccc(Cl)cc1N1CC2CCCC2C1. The Balaban J connectivity index is 1.78. The first-order valence-corrected chi connectivity index (χ1v) is 8.28. The van der Waals surface area contributed by atoms with Gasteiger partial charge in [0.15, 0.2) is 0 Å². The van der Waals surface area contributed by atoms with Crippen molar-refractivity contribution in [2.75, 3.05) is 18.0 Å². The van der Waals surface area contributed by atoms with E-state index in [1.807, 2.05) is 6.07 Å². The lowest BCUT2D eigenvalue weighted by atomic mass is 10.0. The highest BCUT2D eigenvalue weighted by Gasteiger charge is 2.36. The van der Waals surface area contributed by atoms with E-state index >= 15 is 0 Å². The average Bonchev–Trinajstić information content (AvgIpc) is 2.97. The quantitative estimate of drug-likeness (QED) is 0.900. The van der Waals surface area contributed by atoms with Gasteiger partial charge in [-0.25, -0.2) is 0 Å². The molecule has 2 unspecified atom stereocenters. The van der Waals surface area contributed by atoms with Crippen molar-refractivity contribution in [3.8, 4) is 0 Å². The molecule has 1 heterocycles. The Morgan fingerprint density at radius 2 is 1.95 bits per heavy atom. The zero-order valence-corrected chi connectivity index (χ0v) is 13.3. The van der Waals surface area contributed by atoms with Crippen LogP contribution in [-0.4, -0.2) is 19.1 Å². The van der Waals surface area contributed by atoms with Gasteiger partial charge in [-0.3, -0.25) is 0 Å². The molecule has 2 aliphatic rings. The Labute approximate surface area is 127 Å². The van der Waals surface area contributed by atoms with Gasteiger partial charge in [-0.2, -0.15) is 0 Å². The fourth-order valence-corrected chi connectivity index (χ4v) is 3.89. The molecule has 0 amide bonds. The van der Waals surface area contributed by atoms with Gasteiger partial charge in [-0.15, -0.1) is 0 Å². The molecule has 110 valence electrons. The van der Waals surface area contributed by atoms with Crippen molar-refractivity contribution in [1.82, 2.24) is 5.32 Å². The van der Waals surface area contributed by atoms with Gasteiger partial charge in [0.25, 0.3) is 0 Å². The fourth-order valence-electron chi connectivity index (χ4n) is 3.73. The van der Waals surface area contributed by atoms with Crippen LogP contribution in [0.15, 0.2) is 18.2 Å². The number of fused-ring (bicyclic) bond motifs is 1. The Morgan fingerprint density at radius 1 is 1.25 bits per heavy atom. The smallest absolute Gasteiger partial charge is 0.0426 e. The largest absolute Gasteiger partial charge is 0.371 e. The summed E-state index contributed by atoms with van der Waals surface area (Å²) in [5, 5.41) is 4.38. The van der Waals surface area contributed by atoms with Crippen LogP contribution in [-0.2, 0) is 6.54 Å². The van der Waals surface area contributed by atoms with Gasteiger partial charge in [-0.1, -0.05) is 37.9 Å². The van der Waals surface area contributed by atoms with Crippen LogP contribution >= 0.6 is 11.6 Å². The van der Waals surface area contributed by atoms with Gasteiger partial charge in [0.05, 0.1) is 0 Å².